The maximum atomic E-state index is 14.7. The van der Waals surface area contributed by atoms with E-state index in [1.165, 1.54) is 23.5 Å². The molecule has 1 aromatic carbocycles. The van der Waals surface area contributed by atoms with Crippen molar-refractivity contribution in [3.63, 3.8) is 0 Å². The van der Waals surface area contributed by atoms with Crippen LogP contribution in [-0.2, 0) is 16.0 Å². The van der Waals surface area contributed by atoms with E-state index in [2.05, 4.69) is 4.72 Å². The molecule has 21 heavy (non-hydrogen) atoms. The summed E-state index contributed by atoms with van der Waals surface area (Å²) in [5.41, 5.74) is 1.08. The van der Waals surface area contributed by atoms with E-state index in [0.29, 0.717) is 10.4 Å². The van der Waals surface area contributed by atoms with Crippen molar-refractivity contribution in [1.82, 2.24) is 4.72 Å². The molecule has 1 unspecified atom stereocenters. The lowest BCUT2D eigenvalue weighted by Crippen LogP contribution is -2.23. The maximum absolute atomic E-state index is 14.7. The van der Waals surface area contributed by atoms with Crippen LogP contribution in [0.25, 0.3) is 10.4 Å². The number of nitrogens with zero attached hydrogens (tertiary/aromatic N) is 1. The third-order valence-electron chi connectivity index (χ3n) is 3.03. The Morgan fingerprint density at radius 2 is 2.24 bits per heavy atom. The van der Waals surface area contributed by atoms with Gasteiger partial charge >= 0.3 is 0 Å². The van der Waals surface area contributed by atoms with Gasteiger partial charge < -0.3 is 5.11 Å². The Morgan fingerprint density at radius 1 is 1.48 bits per heavy atom. The maximum Gasteiger partial charge on any atom is 0.253 e. The van der Waals surface area contributed by atoms with Crippen molar-refractivity contribution >= 4 is 34.1 Å². The number of amides is 1. The number of carbonyl (C=O) groups is 1. The van der Waals surface area contributed by atoms with E-state index in [1.54, 1.807) is 0 Å². The first kappa shape index (κ1) is 14.0. The lowest BCUT2D eigenvalue weighted by molar-refractivity contribution is -0.117. The minimum atomic E-state index is -1.88. The van der Waals surface area contributed by atoms with Crippen molar-refractivity contribution in [1.29, 1.82) is 0 Å². The number of benzene rings is 1. The number of aromatic hydroxyl groups is 1. The number of nitrogens with one attached hydrogen (secondary N) is 1. The number of phenols is 1. The molecule has 0 saturated carbocycles. The summed E-state index contributed by atoms with van der Waals surface area (Å²) in [6, 6.07) is 4.63. The van der Waals surface area contributed by atoms with Crippen LogP contribution in [0.4, 0.5) is 10.1 Å². The highest BCUT2D eigenvalue weighted by Crippen LogP contribution is 2.39. The molecule has 1 saturated heterocycles. The molecule has 1 amide bonds. The molecule has 0 aliphatic carbocycles. The van der Waals surface area contributed by atoms with Gasteiger partial charge in [0.2, 0.25) is 11.2 Å². The number of thiophene rings is 1. The molecular formula is C13H11FN2O3S2. The fourth-order valence-electron chi connectivity index (χ4n) is 2.09. The molecule has 0 bridgehead atoms. The van der Waals surface area contributed by atoms with Crippen LogP contribution < -0.4 is 9.03 Å². The predicted octanol–water partition coefficient (Wildman–Crippen LogP) is 2.08. The molecule has 2 heterocycles. The van der Waals surface area contributed by atoms with E-state index in [9.17, 15) is 18.5 Å². The second-order valence-electron chi connectivity index (χ2n) is 4.59. The van der Waals surface area contributed by atoms with Gasteiger partial charge in [-0.2, -0.15) is 0 Å². The van der Waals surface area contributed by atoms with Gasteiger partial charge in [0.25, 0.3) is 5.91 Å². The van der Waals surface area contributed by atoms with Crippen molar-refractivity contribution in [2.24, 2.45) is 0 Å². The Bertz CT molecular complexity index is 760. The van der Waals surface area contributed by atoms with Gasteiger partial charge in [0.1, 0.15) is 18.0 Å². The molecule has 3 rings (SSSR count). The number of halogens is 1. The summed E-state index contributed by atoms with van der Waals surface area (Å²) < 4.78 is 29.7. The molecule has 1 aromatic heterocycles. The van der Waals surface area contributed by atoms with Gasteiger partial charge in [-0.1, -0.05) is 0 Å². The van der Waals surface area contributed by atoms with Gasteiger partial charge in [0, 0.05) is 10.4 Å². The fraction of sp³-hybridized carbons (Fsp3) is 0.154. The number of phenolic OH excluding ortho intramolecular Hbond substituents is 1. The van der Waals surface area contributed by atoms with E-state index in [-0.39, 0.29) is 18.0 Å². The summed E-state index contributed by atoms with van der Waals surface area (Å²) in [5, 5.41) is 11.8. The Kier molecular flexibility index (Phi) is 3.42. The van der Waals surface area contributed by atoms with Crippen molar-refractivity contribution in [2.45, 2.75) is 6.92 Å². The molecule has 1 aliphatic heterocycles. The average molecular weight is 326 g/mol. The summed E-state index contributed by atoms with van der Waals surface area (Å²) >= 11 is -0.508. The smallest absolute Gasteiger partial charge is 0.253 e. The lowest BCUT2D eigenvalue weighted by Gasteiger charge is -2.17. The molecule has 110 valence electrons. The van der Waals surface area contributed by atoms with Crippen LogP contribution in [0.2, 0.25) is 0 Å². The molecular weight excluding hydrogens is 315 g/mol. The topological polar surface area (TPSA) is 69.6 Å². The largest absolute Gasteiger partial charge is 0.506 e. The molecule has 5 nitrogen and oxygen atoms in total. The summed E-state index contributed by atoms with van der Waals surface area (Å²) in [5.74, 6) is -1.53. The first-order chi connectivity index (χ1) is 9.97. The predicted molar refractivity (Wildman–Crippen MR) is 79.7 cm³/mol. The molecule has 8 heteroatoms. The van der Waals surface area contributed by atoms with Crippen LogP contribution in [0.15, 0.2) is 23.6 Å². The first-order valence-electron chi connectivity index (χ1n) is 6.03. The quantitative estimate of drug-likeness (QED) is 0.888. The second kappa shape index (κ2) is 5.12. The number of hydrogen-bond acceptors (Lipinski definition) is 4. The standard InChI is InChI=1S/C13H11FN2O3S2/c1-7-4-10(20-6-7)8-2-3-9(17)13(12(8)14)16-5-11(18)15-21(16)19/h2-4,6,17H,5H2,1H3,(H,15,18). The van der Waals surface area contributed by atoms with Gasteiger partial charge in [0.15, 0.2) is 5.82 Å². The molecule has 2 aromatic rings. The zero-order valence-corrected chi connectivity index (χ0v) is 12.6. The van der Waals surface area contributed by atoms with Gasteiger partial charge in [-0.05, 0) is 36.1 Å². The Hall–Kier alpha value is -1.93. The number of aryl methyl sites for hydroxylation is 1. The molecule has 0 radical (unpaired) electrons. The zero-order chi connectivity index (χ0) is 15.1. The Labute approximate surface area is 126 Å². The normalized spacial score (nSPS) is 18.1. The fourth-order valence-corrected chi connectivity index (χ4v) is 3.95. The van der Waals surface area contributed by atoms with Crippen molar-refractivity contribution in [3.8, 4) is 16.2 Å². The van der Waals surface area contributed by atoms with E-state index in [4.69, 9.17) is 0 Å². The molecule has 1 fully saturated rings. The third-order valence-corrected chi connectivity index (χ3v) is 5.22. The SMILES string of the molecule is Cc1csc(-c2ccc(O)c(N3CC(=O)NS3=O)c2F)c1. The Morgan fingerprint density at radius 3 is 2.81 bits per heavy atom. The van der Waals surface area contributed by atoms with E-state index in [0.717, 1.165) is 9.87 Å². The van der Waals surface area contributed by atoms with E-state index < -0.39 is 22.9 Å². The summed E-state index contributed by atoms with van der Waals surface area (Å²) in [6.45, 7) is 1.64. The summed E-state index contributed by atoms with van der Waals surface area (Å²) in [6.07, 6.45) is 0. The van der Waals surface area contributed by atoms with Crippen LogP contribution in [0, 0.1) is 12.7 Å². The van der Waals surface area contributed by atoms with Gasteiger partial charge in [-0.25, -0.2) is 8.60 Å². The van der Waals surface area contributed by atoms with Crippen LogP contribution in [0.5, 0.6) is 5.75 Å². The summed E-state index contributed by atoms with van der Waals surface area (Å²) in [4.78, 5) is 12.0. The van der Waals surface area contributed by atoms with Gasteiger partial charge in [-0.15, -0.1) is 11.3 Å². The van der Waals surface area contributed by atoms with Crippen molar-refractivity contribution in [3.05, 3.63) is 35.0 Å². The van der Waals surface area contributed by atoms with E-state index >= 15 is 0 Å². The first-order valence-corrected chi connectivity index (χ1v) is 8.02. The Balaban J connectivity index is 2.13. The monoisotopic (exact) mass is 326 g/mol. The second-order valence-corrected chi connectivity index (χ2v) is 6.65. The van der Waals surface area contributed by atoms with Crippen LogP contribution in [-0.4, -0.2) is 21.8 Å². The van der Waals surface area contributed by atoms with Gasteiger partial charge in [0.05, 0.1) is 0 Å². The number of carbonyl (C=O) groups excluding carboxylic acids is 1. The summed E-state index contributed by atoms with van der Waals surface area (Å²) in [7, 11) is 0. The lowest BCUT2D eigenvalue weighted by atomic mass is 10.1. The average Bonchev–Trinajstić information content (AvgIpc) is 2.96. The third kappa shape index (κ3) is 2.40. The van der Waals surface area contributed by atoms with E-state index in [1.807, 2.05) is 18.4 Å². The van der Waals surface area contributed by atoms with Crippen LogP contribution >= 0.6 is 11.3 Å². The van der Waals surface area contributed by atoms with Crippen LogP contribution in [0.3, 0.4) is 0 Å². The molecule has 1 atom stereocenters. The zero-order valence-electron chi connectivity index (χ0n) is 10.9. The molecule has 0 spiro atoms. The minimum absolute atomic E-state index is 0.227. The van der Waals surface area contributed by atoms with Crippen LogP contribution in [0.1, 0.15) is 5.56 Å². The van der Waals surface area contributed by atoms with Crippen molar-refractivity contribution < 1.29 is 18.5 Å². The number of hydrogen-bond donors (Lipinski definition) is 2. The highest BCUT2D eigenvalue weighted by Gasteiger charge is 2.32. The van der Waals surface area contributed by atoms with Gasteiger partial charge in [-0.3, -0.25) is 13.8 Å². The minimum Gasteiger partial charge on any atom is -0.506 e. The highest BCUT2D eigenvalue weighted by atomic mass is 32.2. The highest BCUT2D eigenvalue weighted by molar-refractivity contribution is 7.85. The molecule has 1 aliphatic rings. The number of rotatable bonds is 2. The van der Waals surface area contributed by atoms with Crippen molar-refractivity contribution in [2.75, 3.05) is 10.8 Å². The number of anilines is 1. The molecule has 2 N–H and O–H groups in total.